The number of halogens is 1. The first-order valence-electron chi connectivity index (χ1n) is 7.09. The van der Waals surface area contributed by atoms with Crippen LogP contribution in [0.2, 0.25) is 0 Å². The van der Waals surface area contributed by atoms with Crippen molar-refractivity contribution in [1.29, 1.82) is 0 Å². The first-order chi connectivity index (χ1) is 10.6. The van der Waals surface area contributed by atoms with Crippen molar-refractivity contribution in [3.8, 4) is 5.75 Å². The maximum Gasteiger partial charge on any atom is 0.216 e. The molecule has 0 aliphatic rings. The lowest BCUT2D eigenvalue weighted by atomic mass is 10.2. The molecule has 0 aromatic heterocycles. The Morgan fingerprint density at radius 2 is 1.91 bits per heavy atom. The SMILES string of the molecule is CC(=O)NCCNc1cccc(COc2ccc(F)cc2)c1. The molecule has 2 aromatic carbocycles. The summed E-state index contributed by atoms with van der Waals surface area (Å²) in [6, 6.07) is 13.8. The van der Waals surface area contributed by atoms with Crippen LogP contribution in [0.3, 0.4) is 0 Å². The third-order valence-electron chi connectivity index (χ3n) is 2.97. The molecule has 0 fully saturated rings. The number of benzene rings is 2. The van der Waals surface area contributed by atoms with E-state index in [1.54, 1.807) is 12.1 Å². The molecule has 0 aliphatic carbocycles. The molecule has 0 aliphatic heterocycles. The monoisotopic (exact) mass is 302 g/mol. The van der Waals surface area contributed by atoms with E-state index in [0.29, 0.717) is 25.4 Å². The smallest absolute Gasteiger partial charge is 0.216 e. The second-order valence-electron chi connectivity index (χ2n) is 4.85. The molecule has 4 nitrogen and oxygen atoms in total. The van der Waals surface area contributed by atoms with Gasteiger partial charge in [0.2, 0.25) is 5.91 Å². The highest BCUT2D eigenvalue weighted by atomic mass is 19.1. The fourth-order valence-electron chi connectivity index (χ4n) is 1.91. The predicted molar refractivity (Wildman–Crippen MR) is 84.3 cm³/mol. The molecule has 0 atom stereocenters. The highest BCUT2D eigenvalue weighted by molar-refractivity contribution is 5.72. The molecular weight excluding hydrogens is 283 g/mol. The number of hydrogen-bond acceptors (Lipinski definition) is 3. The highest BCUT2D eigenvalue weighted by Crippen LogP contribution is 2.15. The van der Waals surface area contributed by atoms with Crippen LogP contribution in [0.5, 0.6) is 5.75 Å². The van der Waals surface area contributed by atoms with Crippen LogP contribution in [0, 0.1) is 5.82 Å². The van der Waals surface area contributed by atoms with Crippen molar-refractivity contribution in [2.45, 2.75) is 13.5 Å². The lowest BCUT2D eigenvalue weighted by Gasteiger charge is -2.10. The summed E-state index contributed by atoms with van der Waals surface area (Å²) in [7, 11) is 0. The topological polar surface area (TPSA) is 50.4 Å². The van der Waals surface area contributed by atoms with Crippen molar-refractivity contribution < 1.29 is 13.9 Å². The molecule has 2 N–H and O–H groups in total. The third-order valence-corrected chi connectivity index (χ3v) is 2.97. The standard InChI is InChI=1S/C17H19FN2O2/c1-13(21)19-9-10-20-16-4-2-3-14(11-16)12-22-17-7-5-15(18)6-8-17/h2-8,11,20H,9-10,12H2,1H3,(H,19,21). The minimum atomic E-state index is -0.280. The average molecular weight is 302 g/mol. The molecule has 2 aromatic rings. The Labute approximate surface area is 129 Å². The van der Waals surface area contributed by atoms with E-state index in [4.69, 9.17) is 4.74 Å². The molecule has 0 saturated heterocycles. The molecule has 22 heavy (non-hydrogen) atoms. The fraction of sp³-hybridized carbons (Fsp3) is 0.235. The van der Waals surface area contributed by atoms with Crippen molar-refractivity contribution in [2.75, 3.05) is 18.4 Å². The molecule has 0 heterocycles. The molecule has 0 radical (unpaired) electrons. The van der Waals surface area contributed by atoms with Crippen LogP contribution in [0.15, 0.2) is 48.5 Å². The van der Waals surface area contributed by atoms with Crippen molar-refractivity contribution in [3.63, 3.8) is 0 Å². The van der Waals surface area contributed by atoms with Crippen LogP contribution in [-0.2, 0) is 11.4 Å². The van der Waals surface area contributed by atoms with Crippen LogP contribution >= 0.6 is 0 Å². The number of carbonyl (C=O) groups excluding carboxylic acids is 1. The summed E-state index contributed by atoms with van der Waals surface area (Å²) in [5, 5.41) is 5.95. The minimum absolute atomic E-state index is 0.0387. The van der Waals surface area contributed by atoms with Crippen LogP contribution in [0.25, 0.3) is 0 Å². The minimum Gasteiger partial charge on any atom is -0.489 e. The molecule has 116 valence electrons. The van der Waals surface area contributed by atoms with Crippen LogP contribution in [-0.4, -0.2) is 19.0 Å². The van der Waals surface area contributed by atoms with Crippen LogP contribution in [0.4, 0.5) is 10.1 Å². The summed E-state index contributed by atoms with van der Waals surface area (Å²) in [6.07, 6.45) is 0. The molecule has 0 spiro atoms. The summed E-state index contributed by atoms with van der Waals surface area (Å²) in [6.45, 7) is 3.13. The first-order valence-corrected chi connectivity index (χ1v) is 7.09. The van der Waals surface area contributed by atoms with E-state index in [-0.39, 0.29) is 11.7 Å². The van der Waals surface area contributed by atoms with Gasteiger partial charge in [-0.05, 0) is 42.0 Å². The second-order valence-corrected chi connectivity index (χ2v) is 4.85. The van der Waals surface area contributed by atoms with Gasteiger partial charge in [0.15, 0.2) is 0 Å². The van der Waals surface area contributed by atoms with Crippen LogP contribution in [0.1, 0.15) is 12.5 Å². The van der Waals surface area contributed by atoms with Gasteiger partial charge in [-0.15, -0.1) is 0 Å². The molecule has 1 amide bonds. The number of hydrogen-bond donors (Lipinski definition) is 2. The summed E-state index contributed by atoms with van der Waals surface area (Å²) in [5.74, 6) is 0.311. The van der Waals surface area contributed by atoms with Gasteiger partial charge in [0.1, 0.15) is 18.2 Å². The van der Waals surface area contributed by atoms with Crippen LogP contribution < -0.4 is 15.4 Å². The van der Waals surface area contributed by atoms with Gasteiger partial charge >= 0.3 is 0 Å². The summed E-state index contributed by atoms with van der Waals surface area (Å²) < 4.78 is 18.4. The first kappa shape index (κ1) is 15.8. The Morgan fingerprint density at radius 3 is 2.64 bits per heavy atom. The Balaban J connectivity index is 1.83. The largest absolute Gasteiger partial charge is 0.489 e. The number of anilines is 1. The van der Waals surface area contributed by atoms with E-state index < -0.39 is 0 Å². The van der Waals surface area contributed by atoms with E-state index in [9.17, 15) is 9.18 Å². The van der Waals surface area contributed by atoms with Gasteiger partial charge in [-0.2, -0.15) is 0 Å². The Kier molecular flexibility index (Phi) is 5.77. The maximum atomic E-state index is 12.8. The quantitative estimate of drug-likeness (QED) is 0.773. The second kappa shape index (κ2) is 8.02. The number of amides is 1. The molecule has 0 bridgehead atoms. The van der Waals surface area contributed by atoms with Gasteiger partial charge in [-0.25, -0.2) is 4.39 Å². The van der Waals surface area contributed by atoms with E-state index in [0.717, 1.165) is 11.3 Å². The summed E-state index contributed by atoms with van der Waals surface area (Å²) >= 11 is 0. The highest BCUT2D eigenvalue weighted by Gasteiger charge is 1.99. The zero-order valence-corrected chi connectivity index (χ0v) is 12.4. The Hall–Kier alpha value is -2.56. The molecule has 0 unspecified atom stereocenters. The van der Waals surface area contributed by atoms with Gasteiger partial charge < -0.3 is 15.4 Å². The fourth-order valence-corrected chi connectivity index (χ4v) is 1.91. The summed E-state index contributed by atoms with van der Waals surface area (Å²) in [5.41, 5.74) is 1.97. The number of nitrogens with one attached hydrogen (secondary N) is 2. The Bertz CT molecular complexity index is 614. The zero-order valence-electron chi connectivity index (χ0n) is 12.4. The van der Waals surface area contributed by atoms with Crippen molar-refractivity contribution in [2.24, 2.45) is 0 Å². The Morgan fingerprint density at radius 1 is 1.14 bits per heavy atom. The normalized spacial score (nSPS) is 10.1. The van der Waals surface area contributed by atoms with E-state index in [1.807, 2.05) is 24.3 Å². The van der Waals surface area contributed by atoms with Gasteiger partial charge in [0.25, 0.3) is 0 Å². The molecule has 0 saturated carbocycles. The van der Waals surface area contributed by atoms with E-state index in [2.05, 4.69) is 10.6 Å². The number of carbonyl (C=O) groups is 1. The zero-order chi connectivity index (χ0) is 15.8. The van der Waals surface area contributed by atoms with Gasteiger partial charge in [-0.3, -0.25) is 4.79 Å². The molecular formula is C17H19FN2O2. The molecule has 2 rings (SSSR count). The number of ether oxygens (including phenoxy) is 1. The molecule has 5 heteroatoms. The maximum absolute atomic E-state index is 12.8. The van der Waals surface area contributed by atoms with Crippen molar-refractivity contribution in [3.05, 3.63) is 59.9 Å². The van der Waals surface area contributed by atoms with Crippen molar-refractivity contribution >= 4 is 11.6 Å². The lowest BCUT2D eigenvalue weighted by Crippen LogP contribution is -2.26. The van der Waals surface area contributed by atoms with Gasteiger partial charge in [0, 0.05) is 25.7 Å². The third kappa shape index (κ3) is 5.44. The van der Waals surface area contributed by atoms with Gasteiger partial charge in [0.05, 0.1) is 0 Å². The summed E-state index contributed by atoms with van der Waals surface area (Å²) in [4.78, 5) is 10.8. The van der Waals surface area contributed by atoms with E-state index >= 15 is 0 Å². The van der Waals surface area contributed by atoms with Gasteiger partial charge in [-0.1, -0.05) is 12.1 Å². The average Bonchev–Trinajstić information content (AvgIpc) is 2.51. The lowest BCUT2D eigenvalue weighted by molar-refractivity contribution is -0.118. The predicted octanol–water partition coefficient (Wildman–Crippen LogP) is 2.95. The van der Waals surface area contributed by atoms with Crippen molar-refractivity contribution in [1.82, 2.24) is 5.32 Å². The number of rotatable bonds is 7. The van der Waals surface area contributed by atoms with E-state index in [1.165, 1.54) is 19.1 Å².